The van der Waals surface area contributed by atoms with E-state index in [0.29, 0.717) is 0 Å². The molecule has 13 heavy (non-hydrogen) atoms. The Hall–Kier alpha value is 0.223. The second-order valence-corrected chi connectivity index (χ2v) is 4.71. The predicted molar refractivity (Wildman–Crippen MR) is 49.9 cm³/mol. The van der Waals surface area contributed by atoms with E-state index in [2.05, 4.69) is 26.0 Å². The van der Waals surface area contributed by atoms with Gasteiger partial charge in [0.25, 0.3) is 0 Å². The third kappa shape index (κ3) is 4.31. The van der Waals surface area contributed by atoms with Crippen LogP contribution in [0.4, 0.5) is 9.41 Å². The van der Waals surface area contributed by atoms with Gasteiger partial charge in [0.2, 0.25) is 0 Å². The van der Waals surface area contributed by atoms with Crippen LogP contribution in [0.5, 0.6) is 0 Å². The van der Waals surface area contributed by atoms with Crippen molar-refractivity contribution in [3.63, 3.8) is 0 Å². The molecule has 0 fully saturated rings. The van der Waals surface area contributed by atoms with Crippen molar-refractivity contribution in [2.45, 2.75) is 33.1 Å². The van der Waals surface area contributed by atoms with Gasteiger partial charge in [-0.05, 0) is 0 Å². The number of allylic oxidation sites excluding steroid dienone is 4. The van der Waals surface area contributed by atoms with Crippen LogP contribution in [-0.2, 0) is 24.7 Å². The Balaban J connectivity index is 0. The Bertz CT molecular complexity index is 197. The average Bonchev–Trinajstić information content (AvgIpc) is 2.36. The molecule has 1 rings (SSSR count). The van der Waals surface area contributed by atoms with E-state index in [1.807, 2.05) is 0 Å². The fourth-order valence-electron chi connectivity index (χ4n) is 1.57. The summed E-state index contributed by atoms with van der Waals surface area (Å²) in [6, 6.07) is 0. The third-order valence-corrected chi connectivity index (χ3v) is 3.43. The molecule has 0 heterocycles. The fraction of sp³-hybridized carbons (Fsp3) is 0.600. The van der Waals surface area contributed by atoms with E-state index in [1.165, 1.54) is 19.3 Å². The van der Waals surface area contributed by atoms with Crippen LogP contribution in [0, 0.1) is 5.92 Å². The molecule has 0 aromatic carbocycles. The van der Waals surface area contributed by atoms with E-state index >= 15 is 0 Å². The molecule has 1 aliphatic rings. The van der Waals surface area contributed by atoms with Gasteiger partial charge in [-0.3, -0.25) is 9.41 Å². The fourth-order valence-corrected chi connectivity index (χ4v) is 2.67. The Morgan fingerprint density at radius 1 is 1.46 bits per heavy atom. The monoisotopic (exact) mass is 265 g/mol. The Morgan fingerprint density at radius 2 is 2.08 bits per heavy atom. The van der Waals surface area contributed by atoms with Crippen LogP contribution in [-0.4, -0.2) is 0 Å². The SMILES string of the molecule is CCCC(C)C1=[C]([Zr])CC=C1.F.F. The zero-order chi connectivity index (χ0) is 8.27. The molecule has 0 aromatic heterocycles. The minimum atomic E-state index is 0. The molecule has 0 amide bonds. The maximum absolute atomic E-state index is 2.35. The quantitative estimate of drug-likeness (QED) is 0.733. The van der Waals surface area contributed by atoms with Crippen molar-refractivity contribution in [1.82, 2.24) is 0 Å². The minimum Gasteiger partial charge on any atom is -0.269 e. The van der Waals surface area contributed by atoms with Gasteiger partial charge < -0.3 is 0 Å². The van der Waals surface area contributed by atoms with Crippen LogP contribution in [0.15, 0.2) is 21.0 Å². The molecule has 3 heteroatoms. The summed E-state index contributed by atoms with van der Waals surface area (Å²) < 4.78 is 1.66. The molecule has 1 atom stereocenters. The molecule has 0 saturated carbocycles. The first-order chi connectivity index (χ1) is 5.25. The third-order valence-electron chi connectivity index (χ3n) is 2.22. The van der Waals surface area contributed by atoms with Gasteiger partial charge >= 0.3 is 84.8 Å². The van der Waals surface area contributed by atoms with Gasteiger partial charge in [0.1, 0.15) is 0 Å². The summed E-state index contributed by atoms with van der Waals surface area (Å²) in [6.07, 6.45) is 8.50. The van der Waals surface area contributed by atoms with E-state index < -0.39 is 0 Å². The molecular weight excluding hydrogens is 249 g/mol. The van der Waals surface area contributed by atoms with Crippen molar-refractivity contribution in [3.05, 3.63) is 21.0 Å². The largest absolute Gasteiger partial charge is 0.269 e. The number of halogens is 2. The Morgan fingerprint density at radius 3 is 2.46 bits per heavy atom. The van der Waals surface area contributed by atoms with Gasteiger partial charge in [0.05, 0.1) is 0 Å². The van der Waals surface area contributed by atoms with Crippen LogP contribution in [0.3, 0.4) is 0 Å². The van der Waals surface area contributed by atoms with Crippen molar-refractivity contribution in [2.75, 3.05) is 0 Å². The summed E-state index contributed by atoms with van der Waals surface area (Å²) in [5.74, 6) is 0.799. The van der Waals surface area contributed by atoms with E-state index in [4.69, 9.17) is 0 Å². The van der Waals surface area contributed by atoms with Gasteiger partial charge in [-0.2, -0.15) is 0 Å². The average molecular weight is 266 g/mol. The molecule has 0 radical (unpaired) electrons. The Labute approximate surface area is 94.1 Å². The summed E-state index contributed by atoms with van der Waals surface area (Å²) in [5, 5.41) is 0. The summed E-state index contributed by atoms with van der Waals surface area (Å²) in [5.41, 5.74) is 1.63. The van der Waals surface area contributed by atoms with Crippen molar-refractivity contribution in [1.29, 1.82) is 0 Å². The van der Waals surface area contributed by atoms with Crippen molar-refractivity contribution in [2.24, 2.45) is 5.92 Å². The van der Waals surface area contributed by atoms with Gasteiger partial charge in [-0.1, -0.05) is 0 Å². The zero-order valence-electron chi connectivity index (χ0n) is 8.17. The molecule has 0 saturated heterocycles. The number of rotatable bonds is 3. The number of hydrogen-bond donors (Lipinski definition) is 0. The van der Waals surface area contributed by atoms with Crippen molar-refractivity contribution < 1.29 is 34.1 Å². The standard InChI is InChI=1S/C10H15.2FH.Zr/c1-3-6-9(2)10-7-4-5-8-10;;;/h4,7,9H,3,5-6H2,1-2H3;2*1H;. The molecule has 0 aromatic rings. The minimum absolute atomic E-state index is 0. The van der Waals surface area contributed by atoms with E-state index in [0.717, 1.165) is 5.92 Å². The summed E-state index contributed by atoms with van der Waals surface area (Å²) >= 11 is 1.61. The summed E-state index contributed by atoms with van der Waals surface area (Å²) in [4.78, 5) is 0. The molecule has 75 valence electrons. The summed E-state index contributed by atoms with van der Waals surface area (Å²) in [6.45, 7) is 4.61. The maximum atomic E-state index is 2.35. The Kier molecular flexibility index (Phi) is 9.18. The van der Waals surface area contributed by atoms with E-state index in [1.54, 1.807) is 33.6 Å². The molecular formula is C10H17F2Zr. The van der Waals surface area contributed by atoms with Crippen LogP contribution in [0.2, 0.25) is 0 Å². The predicted octanol–water partition coefficient (Wildman–Crippen LogP) is 3.49. The van der Waals surface area contributed by atoms with E-state index in [-0.39, 0.29) is 9.41 Å². The molecule has 0 spiro atoms. The second-order valence-electron chi connectivity index (χ2n) is 3.23. The first kappa shape index (κ1) is 15.7. The van der Waals surface area contributed by atoms with Crippen molar-refractivity contribution >= 4 is 0 Å². The van der Waals surface area contributed by atoms with Crippen LogP contribution in [0.1, 0.15) is 33.1 Å². The van der Waals surface area contributed by atoms with Gasteiger partial charge in [0.15, 0.2) is 0 Å². The normalized spacial score (nSPS) is 16.4. The van der Waals surface area contributed by atoms with Crippen LogP contribution < -0.4 is 0 Å². The smallest absolute Gasteiger partial charge is 0.269 e. The molecule has 0 N–H and O–H groups in total. The van der Waals surface area contributed by atoms with Crippen molar-refractivity contribution in [3.8, 4) is 0 Å². The maximum Gasteiger partial charge on any atom is -0.269 e. The van der Waals surface area contributed by atoms with Crippen LogP contribution in [0.25, 0.3) is 0 Å². The second kappa shape index (κ2) is 7.61. The number of hydrogen-bond acceptors (Lipinski definition) is 0. The first-order valence-corrected chi connectivity index (χ1v) is 5.59. The summed E-state index contributed by atoms with van der Waals surface area (Å²) in [7, 11) is 0. The topological polar surface area (TPSA) is 0 Å². The molecule has 1 aliphatic carbocycles. The molecule has 0 nitrogen and oxygen atoms in total. The first-order valence-electron chi connectivity index (χ1n) is 4.37. The van der Waals surface area contributed by atoms with Gasteiger partial charge in [-0.15, -0.1) is 0 Å². The molecule has 1 unspecified atom stereocenters. The van der Waals surface area contributed by atoms with Gasteiger partial charge in [0, 0.05) is 0 Å². The van der Waals surface area contributed by atoms with E-state index in [9.17, 15) is 0 Å². The molecule has 0 aliphatic heterocycles. The zero-order valence-corrected chi connectivity index (χ0v) is 10.6. The van der Waals surface area contributed by atoms with Gasteiger partial charge in [-0.25, -0.2) is 0 Å². The molecule has 0 bridgehead atoms. The van der Waals surface area contributed by atoms with Crippen LogP contribution >= 0.6 is 0 Å².